The van der Waals surface area contributed by atoms with Crippen LogP contribution in [0.25, 0.3) is 0 Å². The lowest BCUT2D eigenvalue weighted by Crippen LogP contribution is -2.21. The Bertz CT molecular complexity index is 449. The second-order valence-electron chi connectivity index (χ2n) is 4.43. The maximum atomic E-state index is 11.3. The molecular weight excluding hydrogens is 268 g/mol. The van der Waals surface area contributed by atoms with Gasteiger partial charge in [-0.1, -0.05) is 33.1 Å². The third-order valence-corrected chi connectivity index (χ3v) is 3.95. The van der Waals surface area contributed by atoms with Crippen LogP contribution in [-0.4, -0.2) is 29.6 Å². The van der Waals surface area contributed by atoms with Crippen molar-refractivity contribution < 1.29 is 13.6 Å². The molecule has 0 fully saturated rings. The number of rotatable bonds is 7. The van der Waals surface area contributed by atoms with E-state index < -0.39 is 22.4 Å². The predicted octanol–water partition coefficient (Wildman–Crippen LogP) is 1.34. The van der Waals surface area contributed by atoms with E-state index in [0.717, 1.165) is 30.3 Å². The van der Waals surface area contributed by atoms with E-state index >= 15 is 0 Å². The fourth-order valence-electron chi connectivity index (χ4n) is 2.00. The number of nitrogens with zero attached hydrogens (tertiary/aromatic N) is 3. The first-order valence-electron chi connectivity index (χ1n) is 6.28. The van der Waals surface area contributed by atoms with Crippen LogP contribution in [0.2, 0.25) is 0 Å². The van der Waals surface area contributed by atoms with Crippen molar-refractivity contribution in [2.24, 2.45) is 11.7 Å². The van der Waals surface area contributed by atoms with E-state index in [9.17, 15) is 13.6 Å². The van der Waals surface area contributed by atoms with Crippen molar-refractivity contribution >= 4 is 17.1 Å². The molecular formula is C11H19N4O3S-. The lowest BCUT2D eigenvalue weighted by Gasteiger charge is -2.22. The molecule has 1 aromatic heterocycles. The summed E-state index contributed by atoms with van der Waals surface area (Å²) in [6.45, 7) is 4.09. The summed E-state index contributed by atoms with van der Waals surface area (Å²) < 4.78 is 23.5. The Hall–Kier alpha value is -1.28. The number of hydrogen-bond donors (Lipinski definition) is 1. The number of primary amides is 1. The molecule has 8 heteroatoms. The van der Waals surface area contributed by atoms with Crippen molar-refractivity contribution in [2.75, 3.05) is 0 Å². The Kier molecular flexibility index (Phi) is 6.10. The molecule has 0 aliphatic carbocycles. The fraction of sp³-hybridized carbons (Fsp3) is 0.727. The number of carbonyl (C=O) groups excluding carboxylic acids is 1. The second-order valence-corrected chi connectivity index (χ2v) is 5.52. The van der Waals surface area contributed by atoms with Gasteiger partial charge in [0.15, 0.2) is 5.82 Å². The van der Waals surface area contributed by atoms with E-state index in [-0.39, 0.29) is 5.82 Å². The molecule has 0 aromatic carbocycles. The van der Waals surface area contributed by atoms with E-state index in [1.54, 1.807) is 0 Å². The third kappa shape index (κ3) is 4.39. The van der Waals surface area contributed by atoms with Gasteiger partial charge in [-0.3, -0.25) is 4.21 Å². The molecule has 1 aromatic rings. The van der Waals surface area contributed by atoms with Gasteiger partial charge in [-0.2, -0.15) is 4.68 Å². The Morgan fingerprint density at radius 2 is 2.26 bits per heavy atom. The number of nitrogens with two attached hydrogens (primary N) is 1. The minimum Gasteiger partial charge on any atom is -0.772 e. The highest BCUT2D eigenvalue weighted by atomic mass is 32.2. The molecule has 0 saturated heterocycles. The lowest BCUT2D eigenvalue weighted by atomic mass is 9.95. The monoisotopic (exact) mass is 287 g/mol. The minimum absolute atomic E-state index is 0.127. The largest absolute Gasteiger partial charge is 0.772 e. The minimum atomic E-state index is -2.32. The lowest BCUT2D eigenvalue weighted by molar-refractivity contribution is 0.247. The second kappa shape index (κ2) is 7.34. The van der Waals surface area contributed by atoms with Crippen molar-refractivity contribution in [2.45, 2.75) is 44.8 Å². The first kappa shape index (κ1) is 15.8. The first-order valence-corrected chi connectivity index (χ1v) is 7.42. The van der Waals surface area contributed by atoms with Gasteiger partial charge < -0.3 is 10.3 Å². The number of carbonyl (C=O) groups is 1. The molecule has 2 N–H and O–H groups in total. The Balaban J connectivity index is 2.87. The molecule has 0 bridgehead atoms. The highest BCUT2D eigenvalue weighted by Gasteiger charge is 2.22. The zero-order valence-electron chi connectivity index (χ0n) is 11.1. The van der Waals surface area contributed by atoms with Crippen LogP contribution >= 0.6 is 0 Å². The van der Waals surface area contributed by atoms with Gasteiger partial charge in [0, 0.05) is 0 Å². The van der Waals surface area contributed by atoms with E-state index in [1.807, 2.05) is 6.92 Å². The molecule has 7 nitrogen and oxygen atoms in total. The summed E-state index contributed by atoms with van der Waals surface area (Å²) >= 11 is -2.32. The fourth-order valence-corrected chi connectivity index (χ4v) is 2.71. The van der Waals surface area contributed by atoms with Crippen molar-refractivity contribution in [3.63, 3.8) is 0 Å². The van der Waals surface area contributed by atoms with Gasteiger partial charge >= 0.3 is 6.03 Å². The van der Waals surface area contributed by atoms with E-state index in [0.29, 0.717) is 12.3 Å². The van der Waals surface area contributed by atoms with Crippen molar-refractivity contribution in [3.05, 3.63) is 12.2 Å². The summed E-state index contributed by atoms with van der Waals surface area (Å²) in [6, 6.07) is -0.783. The molecule has 0 radical (unpaired) electrons. The molecule has 0 aliphatic rings. The predicted molar refractivity (Wildman–Crippen MR) is 70.0 cm³/mol. The van der Waals surface area contributed by atoms with Gasteiger partial charge in [0.1, 0.15) is 6.33 Å². The number of aromatic nitrogens is 3. The maximum absolute atomic E-state index is 11.3. The van der Waals surface area contributed by atoms with Gasteiger partial charge in [-0.25, -0.2) is 9.78 Å². The van der Waals surface area contributed by atoms with Crippen molar-refractivity contribution in [1.29, 1.82) is 0 Å². The Morgan fingerprint density at radius 1 is 1.58 bits per heavy atom. The van der Waals surface area contributed by atoms with Crippen LogP contribution in [0.15, 0.2) is 6.33 Å². The molecule has 19 heavy (non-hydrogen) atoms. The molecule has 3 atom stereocenters. The van der Waals surface area contributed by atoms with E-state index in [2.05, 4.69) is 17.0 Å². The number of amides is 1. The van der Waals surface area contributed by atoms with E-state index in [4.69, 9.17) is 5.73 Å². The molecule has 0 saturated carbocycles. The van der Waals surface area contributed by atoms with Gasteiger partial charge in [0.25, 0.3) is 0 Å². The molecule has 0 spiro atoms. The zero-order chi connectivity index (χ0) is 14.4. The Labute approximate surface area is 114 Å². The standard InChI is InChI=1S/C11H20N4O3S/c1-3-5-8(4-2)6-9(19(17)18)10-13-7-15(14-10)11(12)16/h7-9H,3-6H2,1-2H3,(H2,12,16)(H,17,18)/p-1. The smallest absolute Gasteiger partial charge is 0.340 e. The summed E-state index contributed by atoms with van der Waals surface area (Å²) in [5.41, 5.74) is 5.05. The molecule has 3 unspecified atom stereocenters. The van der Waals surface area contributed by atoms with Crippen LogP contribution in [0, 0.1) is 5.92 Å². The maximum Gasteiger partial charge on any atom is 0.340 e. The first-order chi connectivity index (χ1) is 8.99. The topological polar surface area (TPSA) is 114 Å². The molecule has 108 valence electrons. The van der Waals surface area contributed by atoms with Crippen LogP contribution in [0.5, 0.6) is 0 Å². The van der Waals surface area contributed by atoms with Gasteiger partial charge in [0.05, 0.1) is 5.25 Å². The van der Waals surface area contributed by atoms with Gasteiger partial charge in [-0.05, 0) is 23.4 Å². The highest BCUT2D eigenvalue weighted by Crippen LogP contribution is 2.28. The average molecular weight is 287 g/mol. The van der Waals surface area contributed by atoms with Crippen molar-refractivity contribution in [1.82, 2.24) is 14.8 Å². The summed E-state index contributed by atoms with van der Waals surface area (Å²) in [5, 5.41) is 3.02. The van der Waals surface area contributed by atoms with E-state index in [1.165, 1.54) is 0 Å². The van der Waals surface area contributed by atoms with Crippen LogP contribution in [0.4, 0.5) is 4.79 Å². The summed E-state index contributed by atoms with van der Waals surface area (Å²) in [5.74, 6) is 0.426. The van der Waals surface area contributed by atoms with Crippen molar-refractivity contribution in [3.8, 4) is 0 Å². The number of hydrogen-bond acceptors (Lipinski definition) is 5. The summed E-state index contributed by atoms with van der Waals surface area (Å²) in [7, 11) is 0. The van der Waals surface area contributed by atoms with Gasteiger partial charge in [-0.15, -0.1) is 5.10 Å². The average Bonchev–Trinajstić information content (AvgIpc) is 2.83. The summed E-state index contributed by atoms with van der Waals surface area (Å²) in [4.78, 5) is 14.8. The van der Waals surface area contributed by atoms with Crippen LogP contribution in [0.1, 0.15) is 50.6 Å². The summed E-state index contributed by atoms with van der Waals surface area (Å²) in [6.07, 6.45) is 4.46. The van der Waals surface area contributed by atoms with Crippen LogP contribution in [-0.2, 0) is 11.1 Å². The quantitative estimate of drug-likeness (QED) is 0.760. The molecule has 0 aliphatic heterocycles. The van der Waals surface area contributed by atoms with Gasteiger partial charge in [0.2, 0.25) is 0 Å². The molecule has 1 heterocycles. The highest BCUT2D eigenvalue weighted by molar-refractivity contribution is 7.79. The van der Waals surface area contributed by atoms with Crippen LogP contribution in [0.3, 0.4) is 0 Å². The molecule has 1 rings (SSSR count). The zero-order valence-corrected chi connectivity index (χ0v) is 11.9. The third-order valence-electron chi connectivity index (χ3n) is 3.08. The normalized spacial score (nSPS) is 15.9. The molecule has 1 amide bonds. The Morgan fingerprint density at radius 3 is 2.68 bits per heavy atom. The van der Waals surface area contributed by atoms with Crippen LogP contribution < -0.4 is 5.73 Å². The SMILES string of the molecule is CCCC(CC)CC(c1ncn(C(N)=O)n1)S(=O)[O-].